The van der Waals surface area contributed by atoms with Gasteiger partial charge in [-0.25, -0.2) is 0 Å². The van der Waals surface area contributed by atoms with Crippen LogP contribution in [0.15, 0.2) is 42.5 Å². The molecule has 3 rings (SSSR count). The Morgan fingerprint density at radius 2 is 1.65 bits per heavy atom. The number of likely N-dealkylation sites (tertiary alicyclic amines) is 1. The van der Waals surface area contributed by atoms with Crippen LogP contribution in [0.2, 0.25) is 0 Å². The lowest BCUT2D eigenvalue weighted by molar-refractivity contribution is -0.139. The van der Waals surface area contributed by atoms with Gasteiger partial charge in [0.05, 0.1) is 26.4 Å². The van der Waals surface area contributed by atoms with Crippen LogP contribution in [0.25, 0.3) is 0 Å². The van der Waals surface area contributed by atoms with Crippen molar-refractivity contribution in [2.45, 2.75) is 31.9 Å². The van der Waals surface area contributed by atoms with Crippen molar-refractivity contribution in [3.63, 3.8) is 0 Å². The summed E-state index contributed by atoms with van der Waals surface area (Å²) in [5, 5.41) is 0. The summed E-state index contributed by atoms with van der Waals surface area (Å²) < 4.78 is 55.3. The molecule has 2 aromatic rings. The van der Waals surface area contributed by atoms with E-state index in [1.54, 1.807) is 20.3 Å². The van der Waals surface area contributed by atoms with Crippen LogP contribution >= 0.6 is 0 Å². The van der Waals surface area contributed by atoms with Gasteiger partial charge in [-0.05, 0) is 74.5 Å². The quantitative estimate of drug-likeness (QED) is 0.522. The Kier molecular flexibility index (Phi) is 8.07. The van der Waals surface area contributed by atoms with Crippen LogP contribution in [-0.2, 0) is 12.6 Å². The number of hydrogen-bond donors (Lipinski definition) is 0. The Labute approximate surface area is 181 Å². The molecule has 1 aliphatic heterocycles. The van der Waals surface area contributed by atoms with Crippen LogP contribution in [0.5, 0.6) is 17.2 Å². The lowest BCUT2D eigenvalue weighted by Gasteiger charge is -2.32. The summed E-state index contributed by atoms with van der Waals surface area (Å²) in [6.07, 6.45) is -0.611. The molecular weight excluding hydrogens is 407 g/mol. The van der Waals surface area contributed by atoms with Crippen LogP contribution in [0.3, 0.4) is 0 Å². The van der Waals surface area contributed by atoms with Crippen molar-refractivity contribution in [3.05, 3.63) is 53.6 Å². The van der Waals surface area contributed by atoms with Crippen molar-refractivity contribution < 1.29 is 27.4 Å². The number of hydrogen-bond acceptors (Lipinski definition) is 4. The van der Waals surface area contributed by atoms with Crippen molar-refractivity contribution >= 4 is 0 Å². The minimum Gasteiger partial charge on any atom is -0.493 e. The highest BCUT2D eigenvalue weighted by Crippen LogP contribution is 2.36. The minimum absolute atomic E-state index is 0.0812. The van der Waals surface area contributed by atoms with Gasteiger partial charge in [-0.15, -0.1) is 0 Å². The number of rotatable bonds is 9. The van der Waals surface area contributed by atoms with E-state index in [1.165, 1.54) is 17.7 Å². The number of methoxy groups -OCH3 is 2. The zero-order chi connectivity index (χ0) is 22.3. The summed E-state index contributed by atoms with van der Waals surface area (Å²) >= 11 is 0. The van der Waals surface area contributed by atoms with Crippen molar-refractivity contribution in [1.29, 1.82) is 0 Å². The summed E-state index contributed by atoms with van der Waals surface area (Å²) in [7, 11) is 3.26. The molecule has 31 heavy (non-hydrogen) atoms. The third kappa shape index (κ3) is 6.53. The first-order chi connectivity index (χ1) is 14.9. The summed E-state index contributed by atoms with van der Waals surface area (Å²) in [6.45, 7) is 3.27. The summed E-state index contributed by atoms with van der Waals surface area (Å²) in [5.41, 5.74) is 0.497. The van der Waals surface area contributed by atoms with Crippen LogP contribution < -0.4 is 14.2 Å². The minimum atomic E-state index is -4.39. The van der Waals surface area contributed by atoms with Crippen LogP contribution in [-0.4, -0.2) is 45.4 Å². The second-order valence-electron chi connectivity index (χ2n) is 7.86. The van der Waals surface area contributed by atoms with Crippen molar-refractivity contribution in [3.8, 4) is 17.2 Å². The van der Waals surface area contributed by atoms with Gasteiger partial charge in [0.2, 0.25) is 0 Å². The molecular formula is C24H30F3NO3. The average Bonchev–Trinajstić information content (AvgIpc) is 2.78. The number of para-hydroxylation sites is 1. The van der Waals surface area contributed by atoms with Gasteiger partial charge in [0.1, 0.15) is 5.75 Å². The van der Waals surface area contributed by atoms with Gasteiger partial charge in [0.15, 0.2) is 11.5 Å². The average molecular weight is 438 g/mol. The molecule has 0 bridgehead atoms. The van der Waals surface area contributed by atoms with E-state index in [0.717, 1.165) is 62.9 Å². The molecule has 0 radical (unpaired) electrons. The van der Waals surface area contributed by atoms with Gasteiger partial charge in [-0.1, -0.05) is 18.2 Å². The predicted octanol–water partition coefficient (Wildman–Crippen LogP) is 5.45. The van der Waals surface area contributed by atoms with Crippen molar-refractivity contribution in [2.75, 3.05) is 40.5 Å². The molecule has 0 N–H and O–H groups in total. The van der Waals surface area contributed by atoms with E-state index in [1.807, 2.05) is 12.1 Å². The Morgan fingerprint density at radius 3 is 2.32 bits per heavy atom. The topological polar surface area (TPSA) is 30.9 Å². The second kappa shape index (κ2) is 10.8. The Balaban J connectivity index is 1.40. The fraction of sp³-hybridized carbons (Fsp3) is 0.500. The zero-order valence-corrected chi connectivity index (χ0v) is 18.1. The molecule has 0 unspecified atom stereocenters. The van der Waals surface area contributed by atoms with E-state index < -0.39 is 11.7 Å². The first-order valence-electron chi connectivity index (χ1n) is 10.6. The predicted molar refractivity (Wildman–Crippen MR) is 114 cm³/mol. The molecule has 170 valence electrons. The first-order valence-corrected chi connectivity index (χ1v) is 10.6. The molecule has 0 saturated carbocycles. The highest BCUT2D eigenvalue weighted by molar-refractivity contribution is 5.43. The number of nitrogens with zero attached hydrogens (tertiary/aromatic N) is 1. The number of alkyl halides is 3. The normalized spacial score (nSPS) is 15.6. The molecule has 0 spiro atoms. The molecule has 1 aliphatic rings. The highest BCUT2D eigenvalue weighted by Gasteiger charge is 2.34. The molecule has 4 nitrogen and oxygen atoms in total. The van der Waals surface area contributed by atoms with E-state index in [-0.39, 0.29) is 5.75 Å². The Bertz CT molecular complexity index is 833. The van der Waals surface area contributed by atoms with Crippen molar-refractivity contribution in [1.82, 2.24) is 4.90 Å². The van der Waals surface area contributed by atoms with Gasteiger partial charge in [-0.3, -0.25) is 0 Å². The molecule has 7 heteroatoms. The van der Waals surface area contributed by atoms with Gasteiger partial charge in [0.25, 0.3) is 0 Å². The van der Waals surface area contributed by atoms with Gasteiger partial charge in [-0.2, -0.15) is 13.2 Å². The second-order valence-corrected chi connectivity index (χ2v) is 7.86. The van der Waals surface area contributed by atoms with Gasteiger partial charge >= 0.3 is 6.18 Å². The van der Waals surface area contributed by atoms with Crippen LogP contribution in [0, 0.1) is 5.92 Å². The molecule has 0 aliphatic carbocycles. The summed E-state index contributed by atoms with van der Waals surface area (Å²) in [5.74, 6) is 1.87. The van der Waals surface area contributed by atoms with Crippen LogP contribution in [0.4, 0.5) is 13.2 Å². The molecule has 1 fully saturated rings. The molecule has 0 aromatic heterocycles. The molecule has 2 aromatic carbocycles. The zero-order valence-electron chi connectivity index (χ0n) is 18.1. The number of ether oxygens (including phenoxy) is 3. The third-order valence-electron chi connectivity index (χ3n) is 5.85. The molecule has 0 amide bonds. The standard InChI is InChI=1S/C24H30F3NO3/c1-29-22-8-7-19(17-23(22)30-2)11-15-28-13-9-18(10-14-28)12-16-31-21-6-4-3-5-20(21)24(25,26)27/h3-8,17-18H,9-16H2,1-2H3. The molecule has 0 atom stereocenters. The van der Waals surface area contributed by atoms with Crippen LogP contribution in [0.1, 0.15) is 30.4 Å². The van der Waals surface area contributed by atoms with E-state index >= 15 is 0 Å². The smallest absolute Gasteiger partial charge is 0.419 e. The third-order valence-corrected chi connectivity index (χ3v) is 5.85. The maximum Gasteiger partial charge on any atom is 0.419 e. The monoisotopic (exact) mass is 437 g/mol. The van der Waals surface area contributed by atoms with E-state index in [4.69, 9.17) is 14.2 Å². The maximum atomic E-state index is 13.1. The SMILES string of the molecule is COc1ccc(CCN2CCC(CCOc3ccccc3C(F)(F)F)CC2)cc1OC. The number of benzene rings is 2. The van der Waals surface area contributed by atoms with E-state index in [0.29, 0.717) is 12.5 Å². The Hall–Kier alpha value is -2.41. The fourth-order valence-electron chi connectivity index (χ4n) is 3.98. The van der Waals surface area contributed by atoms with Gasteiger partial charge in [0, 0.05) is 6.54 Å². The number of piperidine rings is 1. The largest absolute Gasteiger partial charge is 0.493 e. The maximum absolute atomic E-state index is 13.1. The Morgan fingerprint density at radius 1 is 0.935 bits per heavy atom. The van der Waals surface area contributed by atoms with E-state index in [9.17, 15) is 13.2 Å². The first kappa shape index (κ1) is 23.3. The van der Waals surface area contributed by atoms with Crippen molar-refractivity contribution in [2.24, 2.45) is 5.92 Å². The molecule has 1 heterocycles. The van der Waals surface area contributed by atoms with Gasteiger partial charge < -0.3 is 19.1 Å². The molecule has 1 saturated heterocycles. The highest BCUT2D eigenvalue weighted by atomic mass is 19.4. The lowest BCUT2D eigenvalue weighted by atomic mass is 9.93. The summed E-state index contributed by atoms with van der Waals surface area (Å²) in [6, 6.07) is 11.4. The number of halogens is 3. The summed E-state index contributed by atoms with van der Waals surface area (Å²) in [4.78, 5) is 2.44. The fourth-order valence-corrected chi connectivity index (χ4v) is 3.98. The lowest BCUT2D eigenvalue weighted by Crippen LogP contribution is -2.35. The van der Waals surface area contributed by atoms with E-state index in [2.05, 4.69) is 11.0 Å².